The summed E-state index contributed by atoms with van der Waals surface area (Å²) in [6.07, 6.45) is 14.6. The molecule has 3 amide bonds. The molecule has 0 saturated carbocycles. The number of carbonyl (C=O) groups is 3. The quantitative estimate of drug-likeness (QED) is 0.0712. The number of aromatic nitrogens is 12. The number of fused-ring (bicyclic) bond motifs is 3. The van der Waals surface area contributed by atoms with Crippen molar-refractivity contribution in [3.8, 4) is 74.7 Å². The summed E-state index contributed by atoms with van der Waals surface area (Å²) >= 11 is 13.7. The van der Waals surface area contributed by atoms with Crippen LogP contribution in [-0.2, 0) is 14.4 Å². The van der Waals surface area contributed by atoms with Crippen LogP contribution in [0.15, 0.2) is 168 Å². The minimum atomic E-state index is -0.899. The standard InChI is InChI=1S/C33H33ClN6O2.C31H32ClFN6O3.C31H32F2N6O3/c1-8-23-11-10-12-24(15-23)29-26(34)16-25-31(39-18-21(6)38(17-22(39)7)27(41)9-2)37-33(42)40(32(25)36-29)30-20(5)13-14-35-28(30)19(3)4;1-7-24(41)37-13-14-38(19(6)18(37)5)29-20-15-21(32)27(25-22(33)9-8-10-23(25)40)35-30(20)39(31(42)36-29)28-17(4)11-12-34-26(28)16(2)3;1-7-24(41)37-13-14-38(19(6)18(37)5)29-20-15-22(33)27(25-21(32)9-8-10-23(25)40)35-30(20)39(31(42)36-29)28-17(4)11-12-34-26(28)16(2)3/h1,9-16,19,21-22H,2,17-18H2,3-7H3;2*7-12,15-16,18-19,40H,1,13-14H2,2-6H3/t;2*18-,19-/m.01/s1. The van der Waals surface area contributed by atoms with Gasteiger partial charge >= 0.3 is 17.1 Å². The van der Waals surface area contributed by atoms with E-state index in [1.54, 1.807) is 56.1 Å². The van der Waals surface area contributed by atoms with Gasteiger partial charge in [0.2, 0.25) is 17.7 Å². The molecule has 12 aromatic rings. The first-order valence-corrected chi connectivity index (χ1v) is 42.1. The molecular formula is C95H97Cl2F3N18O8. The first-order chi connectivity index (χ1) is 60.0. The molecule has 15 rings (SSSR count). The number of amides is 3. The molecule has 650 valence electrons. The highest BCUT2D eigenvalue weighted by Crippen LogP contribution is 2.43. The number of hydrogen-bond acceptors (Lipinski definition) is 20. The zero-order valence-electron chi connectivity index (χ0n) is 72.6. The summed E-state index contributed by atoms with van der Waals surface area (Å²) in [4.78, 5) is 132. The molecule has 26 nitrogen and oxygen atoms in total. The monoisotopic (exact) mass is 1740 g/mol. The van der Waals surface area contributed by atoms with Gasteiger partial charge in [-0.15, -0.1) is 6.42 Å². The van der Waals surface area contributed by atoms with Crippen LogP contribution in [0.3, 0.4) is 0 Å². The molecule has 0 radical (unpaired) electrons. The number of hydrogen-bond donors (Lipinski definition) is 2. The predicted molar refractivity (Wildman–Crippen MR) is 487 cm³/mol. The number of terminal acetylenes is 1. The molecule has 3 aromatic carbocycles. The summed E-state index contributed by atoms with van der Waals surface area (Å²) in [6.45, 7) is 42.4. The topological polar surface area (TPSA) is 293 Å². The largest absolute Gasteiger partial charge is 0.507 e. The number of phenols is 2. The fourth-order valence-corrected chi connectivity index (χ4v) is 17.3. The molecule has 2 N–H and O–H groups in total. The van der Waals surface area contributed by atoms with Gasteiger partial charge in [-0.1, -0.05) is 115 Å². The molecule has 6 atom stereocenters. The first kappa shape index (κ1) is 90.3. The number of aromatic hydroxyl groups is 2. The third kappa shape index (κ3) is 16.9. The summed E-state index contributed by atoms with van der Waals surface area (Å²) in [5, 5.41) is 22.8. The third-order valence-corrected chi connectivity index (χ3v) is 24.2. The van der Waals surface area contributed by atoms with Crippen LogP contribution in [0.1, 0.15) is 140 Å². The van der Waals surface area contributed by atoms with Gasteiger partial charge in [-0.3, -0.25) is 29.3 Å². The second-order valence-corrected chi connectivity index (χ2v) is 33.5. The van der Waals surface area contributed by atoms with Crippen molar-refractivity contribution in [1.29, 1.82) is 0 Å². The Bertz CT molecular complexity index is 6350. The first-order valence-electron chi connectivity index (χ1n) is 41.4. The smallest absolute Gasteiger partial charge is 0.355 e. The average Bonchev–Trinajstić information content (AvgIpc) is 0.735. The highest BCUT2D eigenvalue weighted by atomic mass is 35.5. The van der Waals surface area contributed by atoms with Crippen molar-refractivity contribution in [2.45, 2.75) is 158 Å². The number of pyridine rings is 6. The van der Waals surface area contributed by atoms with Crippen molar-refractivity contribution in [1.82, 2.24) is 73.3 Å². The van der Waals surface area contributed by atoms with Gasteiger partial charge in [-0.25, -0.2) is 56.2 Å². The molecule has 31 heteroatoms. The maximum Gasteiger partial charge on any atom is 0.355 e. The number of piperazine rings is 3. The third-order valence-electron chi connectivity index (χ3n) is 23.6. The van der Waals surface area contributed by atoms with Gasteiger partial charge in [-0.2, -0.15) is 15.0 Å². The van der Waals surface area contributed by atoms with Crippen LogP contribution >= 0.6 is 23.2 Å². The molecule has 3 aliphatic heterocycles. The molecule has 0 bridgehead atoms. The Labute approximate surface area is 736 Å². The summed E-state index contributed by atoms with van der Waals surface area (Å²) in [5.74, 6) is -0.224. The van der Waals surface area contributed by atoms with E-state index in [9.17, 15) is 43.4 Å². The lowest BCUT2D eigenvalue weighted by Crippen LogP contribution is -2.59. The van der Waals surface area contributed by atoms with Crippen LogP contribution in [0.5, 0.6) is 11.5 Å². The summed E-state index contributed by atoms with van der Waals surface area (Å²) < 4.78 is 50.1. The number of phenolic OH excluding ortho intramolecular Hbond substituents is 2. The lowest BCUT2D eigenvalue weighted by atomic mass is 10.0. The zero-order chi connectivity index (χ0) is 91.2. The maximum atomic E-state index is 15.9. The lowest BCUT2D eigenvalue weighted by Gasteiger charge is -2.45. The van der Waals surface area contributed by atoms with Crippen molar-refractivity contribution in [3.63, 3.8) is 0 Å². The molecular weight excluding hydrogens is 1650 g/mol. The van der Waals surface area contributed by atoms with Gasteiger partial charge in [0.25, 0.3) is 0 Å². The Balaban J connectivity index is 0.000000162. The van der Waals surface area contributed by atoms with E-state index in [0.29, 0.717) is 118 Å². The molecule has 126 heavy (non-hydrogen) atoms. The van der Waals surface area contributed by atoms with E-state index in [2.05, 4.69) is 65.4 Å². The van der Waals surface area contributed by atoms with Gasteiger partial charge < -0.3 is 39.6 Å². The van der Waals surface area contributed by atoms with Crippen LogP contribution in [0, 0.1) is 50.6 Å². The average molecular weight is 1750 g/mol. The second kappa shape index (κ2) is 36.8. The van der Waals surface area contributed by atoms with Crippen molar-refractivity contribution in [3.05, 3.63) is 252 Å². The van der Waals surface area contributed by atoms with E-state index >= 15 is 8.78 Å². The molecule has 3 saturated heterocycles. The lowest BCUT2D eigenvalue weighted by molar-refractivity contribution is -0.129. The number of halogens is 5. The molecule has 2 unspecified atom stereocenters. The number of benzene rings is 3. The van der Waals surface area contributed by atoms with Crippen LogP contribution in [-0.4, -0.2) is 177 Å². The van der Waals surface area contributed by atoms with Gasteiger partial charge in [0.05, 0.1) is 82.9 Å². The van der Waals surface area contributed by atoms with Crippen molar-refractivity contribution < 1.29 is 37.8 Å². The van der Waals surface area contributed by atoms with E-state index in [0.717, 1.165) is 28.5 Å². The highest BCUT2D eigenvalue weighted by molar-refractivity contribution is 6.34. The van der Waals surface area contributed by atoms with Gasteiger partial charge in [0.1, 0.15) is 46.3 Å². The number of anilines is 3. The van der Waals surface area contributed by atoms with Gasteiger partial charge in [-0.05, 0) is 188 Å². The molecule has 3 fully saturated rings. The molecule has 0 spiro atoms. The summed E-state index contributed by atoms with van der Waals surface area (Å²) in [6, 6.07) is 23.7. The van der Waals surface area contributed by atoms with Gasteiger partial charge in [0.15, 0.2) is 22.8 Å². The van der Waals surface area contributed by atoms with Crippen LogP contribution in [0.4, 0.5) is 30.6 Å². The maximum absolute atomic E-state index is 15.9. The number of rotatable bonds is 15. The SMILES string of the molecule is C#Cc1cccc(-c2nc3c(cc2Cl)c(N2CC(C)N(C(=O)C=C)CC2C)nc(=O)n3-c2c(C)ccnc2C(C)C)c1.C=CC(=O)N1CCN(c2nc(=O)n(-c3c(C)ccnc3C(C)C)c3nc(-c4c(O)cccc4F)c(Cl)cc23)[C@@H](C)[C@@H]1C.C=CC(=O)N1CCN(c2nc(=O)n(-c3c(C)ccnc3C(C)C)c3nc(-c4c(O)cccc4F)c(F)cc23)[C@H](C)[C@H]1C. The van der Waals surface area contributed by atoms with Crippen molar-refractivity contribution in [2.24, 2.45) is 0 Å². The molecule has 9 aromatic heterocycles. The minimum absolute atomic E-state index is 0.0134. The number of aryl methyl sites for hydroxylation is 3. The van der Waals surface area contributed by atoms with E-state index < -0.39 is 51.5 Å². The number of carbonyl (C=O) groups excluding carboxylic acids is 3. The Morgan fingerprint density at radius 3 is 1.24 bits per heavy atom. The summed E-state index contributed by atoms with van der Waals surface area (Å²) in [5.41, 5.74) is 5.80. The van der Waals surface area contributed by atoms with Crippen LogP contribution < -0.4 is 31.8 Å². The van der Waals surface area contributed by atoms with Gasteiger partial charge in [0, 0.05) is 105 Å². The highest BCUT2D eigenvalue weighted by Gasteiger charge is 2.40. The van der Waals surface area contributed by atoms with E-state index in [1.165, 1.54) is 63.8 Å². The van der Waals surface area contributed by atoms with E-state index in [4.69, 9.17) is 39.6 Å². The predicted octanol–water partition coefficient (Wildman–Crippen LogP) is 15.8. The van der Waals surface area contributed by atoms with Crippen molar-refractivity contribution >= 4 is 91.5 Å². The van der Waals surface area contributed by atoms with Crippen molar-refractivity contribution in [2.75, 3.05) is 54.0 Å². The minimum Gasteiger partial charge on any atom is -0.507 e. The number of nitrogens with zero attached hydrogens (tertiary/aromatic N) is 18. The zero-order valence-corrected chi connectivity index (χ0v) is 74.1. The Kier molecular flexibility index (Phi) is 26.3. The van der Waals surface area contributed by atoms with Crippen LogP contribution in [0.25, 0.3) is 83.9 Å². The second-order valence-electron chi connectivity index (χ2n) is 32.6. The fourth-order valence-electron chi connectivity index (χ4n) is 16.8. The molecule has 0 aliphatic carbocycles. The summed E-state index contributed by atoms with van der Waals surface area (Å²) in [7, 11) is 0. The normalized spacial score (nSPS) is 17.2. The fraction of sp³-hybridized carbons (Fsp3) is 0.316. The Hall–Kier alpha value is -13.5. The molecule has 12 heterocycles. The van der Waals surface area contributed by atoms with Crippen LogP contribution in [0.2, 0.25) is 10.0 Å². The molecule has 3 aliphatic rings. The van der Waals surface area contributed by atoms with E-state index in [-0.39, 0.29) is 116 Å². The van der Waals surface area contributed by atoms with E-state index in [1.807, 2.05) is 150 Å². The Morgan fingerprint density at radius 2 is 0.833 bits per heavy atom. The Morgan fingerprint density at radius 1 is 0.460 bits per heavy atom.